The topological polar surface area (TPSA) is 0 Å². The van der Waals surface area contributed by atoms with Gasteiger partial charge in [0.15, 0.2) is 0 Å². The molecule has 0 radical (unpaired) electrons. The Kier molecular flexibility index (Phi) is 10.4. The molecule has 0 bridgehead atoms. The zero-order valence-corrected chi connectivity index (χ0v) is 33.7. The molecule has 8 heteroatoms. The van der Waals surface area contributed by atoms with Gasteiger partial charge in [0.05, 0.1) is 0 Å². The summed E-state index contributed by atoms with van der Waals surface area (Å²) in [4.78, 5) is 0. The van der Waals surface area contributed by atoms with Crippen LogP contribution in [0.15, 0.2) is 12.1 Å². The quantitative estimate of drug-likeness (QED) is 0.243. The second-order valence-electron chi connectivity index (χ2n) is 17.7. The third kappa shape index (κ3) is 8.39. The second kappa shape index (κ2) is 10.8. The Morgan fingerprint density at radius 1 is 0.457 bits per heavy atom. The molecule has 0 aliphatic carbocycles. The van der Waals surface area contributed by atoms with Crippen LogP contribution in [0.5, 0.6) is 0 Å². The van der Waals surface area contributed by atoms with Gasteiger partial charge in [-0.2, -0.15) is 0 Å². The first-order valence-corrected chi connectivity index (χ1v) is 35.7. The van der Waals surface area contributed by atoms with Crippen LogP contribution < -0.4 is 5.46 Å². The summed E-state index contributed by atoms with van der Waals surface area (Å²) in [5.41, 5.74) is 6.48. The molecule has 1 aromatic carbocycles. The molecule has 0 amide bonds. The molecule has 0 unspecified atom stereocenters. The van der Waals surface area contributed by atoms with E-state index >= 15 is 0 Å². The fourth-order valence-electron chi connectivity index (χ4n) is 8.27. The van der Waals surface area contributed by atoms with Crippen LogP contribution >= 0.6 is 12.1 Å². The van der Waals surface area contributed by atoms with E-state index in [9.17, 15) is 0 Å². The van der Waals surface area contributed by atoms with Crippen LogP contribution in [-0.2, 0) is 0 Å². The van der Waals surface area contributed by atoms with Crippen LogP contribution in [0.3, 0.4) is 0 Å². The van der Waals surface area contributed by atoms with Gasteiger partial charge in [-0.05, 0) is 0 Å². The van der Waals surface area contributed by atoms with Gasteiger partial charge in [0.1, 0.15) is 0 Å². The van der Waals surface area contributed by atoms with Gasteiger partial charge >= 0.3 is 234 Å². The zero-order valence-electron chi connectivity index (χ0n) is 26.9. The summed E-state index contributed by atoms with van der Waals surface area (Å²) in [5, 5.41) is 2.20. The molecule has 0 fully saturated rings. The molecule has 1 aromatic rings. The van der Waals surface area contributed by atoms with E-state index in [1.807, 2.05) is 0 Å². The third-order valence-corrected chi connectivity index (χ3v) is 35.7. The van der Waals surface area contributed by atoms with Crippen molar-refractivity contribution < 1.29 is 0 Å². The molecule has 35 heavy (non-hydrogen) atoms. The van der Waals surface area contributed by atoms with E-state index in [4.69, 9.17) is 12.1 Å². The van der Waals surface area contributed by atoms with Crippen molar-refractivity contribution in [1.29, 1.82) is 0 Å². The average molecular weight is 595 g/mol. The molecule has 0 atom stereocenters. The van der Waals surface area contributed by atoms with Gasteiger partial charge < -0.3 is 0 Å². The number of benzene rings is 1. The molecule has 0 N–H and O–H groups in total. The monoisotopic (exact) mass is 594 g/mol. The molecule has 0 aliphatic rings. The predicted octanol–water partition coefficient (Wildman–Crippen LogP) is 9.64. The van der Waals surface area contributed by atoms with E-state index in [1.54, 1.807) is 16.7 Å². The predicted molar refractivity (Wildman–Crippen MR) is 188 cm³/mol. The van der Waals surface area contributed by atoms with E-state index in [0.717, 1.165) is 15.5 Å². The molecule has 0 heterocycles. The summed E-state index contributed by atoms with van der Waals surface area (Å²) in [6.07, 6.45) is 2.12. The van der Waals surface area contributed by atoms with Crippen molar-refractivity contribution in [2.75, 3.05) is 0 Å². The van der Waals surface area contributed by atoms with Crippen molar-refractivity contribution in [2.45, 2.75) is 133 Å². The Morgan fingerprint density at radius 3 is 0.857 bits per heavy atom. The van der Waals surface area contributed by atoms with Gasteiger partial charge in [0.25, 0.3) is 0 Å². The van der Waals surface area contributed by atoms with Crippen molar-refractivity contribution >= 4 is 72.1 Å². The van der Waals surface area contributed by atoms with Crippen LogP contribution in [0.1, 0.15) is 32.2 Å². The molecular formula is C27H59BSSi6. The first-order chi connectivity index (χ1) is 15.1. The van der Waals surface area contributed by atoms with E-state index < -0.39 is 48.4 Å². The van der Waals surface area contributed by atoms with E-state index in [0.29, 0.717) is 0 Å². The Bertz CT molecular complexity index is 808. The number of hydrogen-bond acceptors (Lipinski definition) is 1. The molecule has 200 valence electrons. The molecule has 0 aliphatic heterocycles. The van der Waals surface area contributed by atoms with Gasteiger partial charge in [-0.1, -0.05) is 0 Å². The van der Waals surface area contributed by atoms with Gasteiger partial charge in [-0.15, -0.1) is 0 Å². The molecule has 0 nitrogen and oxygen atoms in total. The molecule has 0 saturated carbocycles. The summed E-state index contributed by atoms with van der Waals surface area (Å²) in [7, 11) is -8.71. The SMILES string of the molecule is C[Si](C)(C)C(c1cc(C([Si](C)(C)C)[Si](C)(C)C)c(B=S)c(C([Si](C)(C)C)[Si](C)(C)C)c1)[Si](C)(C)C. The van der Waals surface area contributed by atoms with Gasteiger partial charge in [0.2, 0.25) is 0 Å². The summed E-state index contributed by atoms with van der Waals surface area (Å²) in [5.74, 6) is 0. The molecule has 1 rings (SSSR count). The van der Waals surface area contributed by atoms with Crippen LogP contribution in [0.25, 0.3) is 0 Å². The standard InChI is InChI=1S/C27H59BSSi6/c1-30(2,3)25(31(4,5)6)21-19-22(26(32(7,8)9)33(10,11)12)24(28-29)23(20-21)27(34(13,14)15)35(16,17)18/h19-20,25-27H,1-18H3. The first kappa shape index (κ1) is 33.8. The summed E-state index contributed by atoms with van der Waals surface area (Å²) in [6.45, 7) is 47.0. The fraction of sp³-hybridized carbons (Fsp3) is 0.778. The van der Waals surface area contributed by atoms with Crippen molar-refractivity contribution in [3.8, 4) is 0 Å². The Balaban J connectivity index is 4.43. The fourth-order valence-corrected chi connectivity index (χ4v) is 46.7. The Morgan fingerprint density at radius 2 is 0.686 bits per heavy atom. The molecular weight excluding hydrogens is 536 g/mol. The van der Waals surface area contributed by atoms with Crippen molar-refractivity contribution in [2.24, 2.45) is 0 Å². The van der Waals surface area contributed by atoms with Crippen LogP contribution in [0, 0.1) is 0 Å². The molecule has 0 spiro atoms. The van der Waals surface area contributed by atoms with Crippen LogP contribution in [0.4, 0.5) is 0 Å². The Hall–Kier alpha value is 0.806. The minimum atomic E-state index is -1.47. The average Bonchev–Trinajstić information content (AvgIpc) is 2.45. The summed E-state index contributed by atoms with van der Waals surface area (Å²) in [6, 6.07) is 5.46. The minimum absolute atomic E-state index is 0.718. The van der Waals surface area contributed by atoms with Gasteiger partial charge in [-0.25, -0.2) is 0 Å². The maximum atomic E-state index is 5.93. The summed E-state index contributed by atoms with van der Waals surface area (Å²) < 4.78 is 0. The van der Waals surface area contributed by atoms with Crippen molar-refractivity contribution in [3.63, 3.8) is 0 Å². The molecule has 0 saturated heterocycles. The van der Waals surface area contributed by atoms with E-state index in [-0.39, 0.29) is 0 Å². The number of hydrogen-bond donors (Lipinski definition) is 0. The summed E-state index contributed by atoms with van der Waals surface area (Å²) >= 11 is 5.93. The number of rotatable bonds is 10. The third-order valence-electron chi connectivity index (χ3n) is 7.54. The van der Waals surface area contributed by atoms with E-state index in [1.165, 1.54) is 5.46 Å². The zero-order chi connectivity index (χ0) is 28.2. The van der Waals surface area contributed by atoms with Gasteiger partial charge in [-0.3, -0.25) is 0 Å². The first-order valence-electron chi connectivity index (χ1n) is 13.8. The van der Waals surface area contributed by atoms with Crippen molar-refractivity contribution in [3.05, 3.63) is 28.8 Å². The van der Waals surface area contributed by atoms with Gasteiger partial charge in [0, 0.05) is 0 Å². The maximum absolute atomic E-state index is 5.93. The normalized spacial score (nSPS) is 14.8. The van der Waals surface area contributed by atoms with Crippen molar-refractivity contribution in [1.82, 2.24) is 0 Å². The van der Waals surface area contributed by atoms with E-state index in [2.05, 4.69) is 136 Å². The Labute approximate surface area is 233 Å². The second-order valence-corrected chi connectivity index (χ2v) is 51.6. The van der Waals surface area contributed by atoms with Crippen LogP contribution in [-0.4, -0.2) is 54.6 Å². The molecule has 0 aromatic heterocycles. The van der Waals surface area contributed by atoms with Crippen LogP contribution in [0.2, 0.25) is 118 Å².